The molecule has 2 N–H and O–H groups in total. The molecule has 0 bridgehead atoms. The lowest BCUT2D eigenvalue weighted by molar-refractivity contribution is 0.333. The van der Waals surface area contributed by atoms with Gasteiger partial charge in [-0.05, 0) is 32.0 Å². The largest absolute Gasteiger partial charge is 0.366 e. The third kappa shape index (κ3) is 3.56. The third-order valence-electron chi connectivity index (χ3n) is 2.11. The number of hydrogen-bond donors (Lipinski definition) is 2. The van der Waals surface area contributed by atoms with E-state index in [1.165, 1.54) is 0 Å². The highest BCUT2D eigenvalue weighted by Gasteiger charge is 2.21. The van der Waals surface area contributed by atoms with Crippen molar-refractivity contribution in [2.45, 2.75) is 33.2 Å². The zero-order valence-electron chi connectivity index (χ0n) is 7.99. The molecule has 0 aromatic carbocycles. The molecule has 0 heterocycles. The van der Waals surface area contributed by atoms with E-state index in [4.69, 9.17) is 12.2 Å². The molecule has 0 radical (unpaired) electrons. The summed E-state index contributed by atoms with van der Waals surface area (Å²) in [7, 11) is 1.83. The van der Waals surface area contributed by atoms with Crippen LogP contribution in [-0.4, -0.2) is 17.7 Å². The molecule has 0 saturated heterocycles. The Bertz CT molecular complexity index is 141. The monoisotopic (exact) mass is 174 g/mol. The van der Waals surface area contributed by atoms with Crippen molar-refractivity contribution in [1.82, 2.24) is 10.6 Å². The molecule has 0 rings (SSSR count). The van der Waals surface area contributed by atoms with E-state index >= 15 is 0 Å². The number of rotatable bonds is 2. The van der Waals surface area contributed by atoms with E-state index < -0.39 is 0 Å². The molecule has 0 aliphatic carbocycles. The van der Waals surface area contributed by atoms with E-state index in [0.717, 1.165) is 0 Å². The highest BCUT2D eigenvalue weighted by Crippen LogP contribution is 2.14. The molecule has 2 nitrogen and oxygen atoms in total. The molecule has 0 aliphatic heterocycles. The number of nitrogens with one attached hydrogen (secondary N) is 2. The van der Waals surface area contributed by atoms with E-state index in [1.54, 1.807) is 0 Å². The van der Waals surface area contributed by atoms with Crippen LogP contribution in [0.4, 0.5) is 0 Å². The van der Waals surface area contributed by atoms with Crippen LogP contribution in [-0.2, 0) is 0 Å². The van der Waals surface area contributed by atoms with Gasteiger partial charge in [0.1, 0.15) is 0 Å². The first kappa shape index (κ1) is 10.7. The van der Waals surface area contributed by atoms with E-state index in [-0.39, 0.29) is 5.54 Å². The lowest BCUT2D eigenvalue weighted by atomic mass is 9.91. The molecule has 0 saturated carbocycles. The maximum Gasteiger partial charge on any atom is 0.166 e. The van der Waals surface area contributed by atoms with Crippen LogP contribution < -0.4 is 10.6 Å². The van der Waals surface area contributed by atoms with E-state index in [1.807, 2.05) is 7.05 Å². The fourth-order valence-electron chi connectivity index (χ4n) is 0.499. The quantitative estimate of drug-likeness (QED) is 0.621. The zero-order valence-corrected chi connectivity index (χ0v) is 8.80. The van der Waals surface area contributed by atoms with Crippen LogP contribution in [0, 0.1) is 5.92 Å². The van der Waals surface area contributed by atoms with Gasteiger partial charge in [-0.2, -0.15) is 0 Å². The van der Waals surface area contributed by atoms with Crippen LogP contribution in [0.2, 0.25) is 0 Å². The van der Waals surface area contributed by atoms with Crippen LogP contribution in [0.5, 0.6) is 0 Å². The van der Waals surface area contributed by atoms with Crippen molar-refractivity contribution in [3.05, 3.63) is 0 Å². The summed E-state index contributed by atoms with van der Waals surface area (Å²) < 4.78 is 0. The van der Waals surface area contributed by atoms with Crippen molar-refractivity contribution in [2.24, 2.45) is 5.92 Å². The zero-order chi connectivity index (χ0) is 9.07. The van der Waals surface area contributed by atoms with E-state index in [2.05, 4.69) is 38.3 Å². The third-order valence-corrected chi connectivity index (χ3v) is 2.41. The van der Waals surface area contributed by atoms with Gasteiger partial charge in [0.15, 0.2) is 5.11 Å². The van der Waals surface area contributed by atoms with Crippen LogP contribution >= 0.6 is 12.2 Å². The summed E-state index contributed by atoms with van der Waals surface area (Å²) in [5.74, 6) is 0.564. The molecule has 0 unspecified atom stereocenters. The maximum atomic E-state index is 5.00. The summed E-state index contributed by atoms with van der Waals surface area (Å²) in [6.07, 6.45) is 0. The van der Waals surface area contributed by atoms with Gasteiger partial charge in [-0.15, -0.1) is 0 Å². The molecule has 0 atom stereocenters. The van der Waals surface area contributed by atoms with Crippen molar-refractivity contribution in [1.29, 1.82) is 0 Å². The Labute approximate surface area is 74.8 Å². The topological polar surface area (TPSA) is 24.1 Å². The van der Waals surface area contributed by atoms with Crippen LogP contribution in [0.1, 0.15) is 27.7 Å². The molecule has 0 aromatic heterocycles. The minimum Gasteiger partial charge on any atom is -0.366 e. The number of hydrogen-bond acceptors (Lipinski definition) is 1. The van der Waals surface area contributed by atoms with Crippen molar-refractivity contribution in [2.75, 3.05) is 7.05 Å². The minimum atomic E-state index is 0.0695. The van der Waals surface area contributed by atoms with Gasteiger partial charge in [0.2, 0.25) is 0 Å². The van der Waals surface area contributed by atoms with Gasteiger partial charge in [-0.25, -0.2) is 0 Å². The lowest BCUT2D eigenvalue weighted by Crippen LogP contribution is -2.50. The molecule has 11 heavy (non-hydrogen) atoms. The smallest absolute Gasteiger partial charge is 0.166 e. The van der Waals surface area contributed by atoms with Crippen molar-refractivity contribution in [3.8, 4) is 0 Å². The normalized spacial score (nSPS) is 11.5. The van der Waals surface area contributed by atoms with Crippen molar-refractivity contribution >= 4 is 17.3 Å². The number of thiocarbonyl (C=S) groups is 1. The van der Waals surface area contributed by atoms with Gasteiger partial charge in [-0.1, -0.05) is 13.8 Å². The molecule has 0 amide bonds. The Kier molecular flexibility index (Phi) is 3.79. The molecule has 0 aliphatic rings. The Morgan fingerprint density at radius 3 is 2.09 bits per heavy atom. The second-order valence-corrected chi connectivity index (χ2v) is 3.99. The van der Waals surface area contributed by atoms with Crippen LogP contribution in [0.25, 0.3) is 0 Å². The Morgan fingerprint density at radius 2 is 1.82 bits per heavy atom. The van der Waals surface area contributed by atoms with Gasteiger partial charge in [-0.3, -0.25) is 0 Å². The standard InChI is InChI=1S/C8H18N2S/c1-6(2)8(3,4)10-7(11)9-5/h6H,1-5H3,(H2,9,10,11). The predicted molar refractivity (Wildman–Crippen MR) is 53.7 cm³/mol. The van der Waals surface area contributed by atoms with Crippen molar-refractivity contribution in [3.63, 3.8) is 0 Å². The molecule has 3 heteroatoms. The average Bonchev–Trinajstić information content (AvgIpc) is 1.86. The van der Waals surface area contributed by atoms with Gasteiger partial charge in [0.05, 0.1) is 0 Å². The Hall–Kier alpha value is -0.310. The maximum absolute atomic E-state index is 5.00. The summed E-state index contributed by atoms with van der Waals surface area (Å²) in [5, 5.41) is 6.83. The first-order valence-corrected chi connectivity index (χ1v) is 4.31. The summed E-state index contributed by atoms with van der Waals surface area (Å²) in [5.41, 5.74) is 0.0695. The summed E-state index contributed by atoms with van der Waals surface area (Å²) >= 11 is 5.00. The summed E-state index contributed by atoms with van der Waals surface area (Å²) in [6.45, 7) is 8.62. The fraction of sp³-hybridized carbons (Fsp3) is 0.875. The lowest BCUT2D eigenvalue weighted by Gasteiger charge is -2.31. The first-order chi connectivity index (χ1) is 4.90. The minimum absolute atomic E-state index is 0.0695. The van der Waals surface area contributed by atoms with E-state index in [0.29, 0.717) is 11.0 Å². The van der Waals surface area contributed by atoms with Gasteiger partial charge >= 0.3 is 0 Å². The summed E-state index contributed by atoms with van der Waals surface area (Å²) in [4.78, 5) is 0. The molecular weight excluding hydrogens is 156 g/mol. The second kappa shape index (κ2) is 3.90. The van der Waals surface area contributed by atoms with Crippen LogP contribution in [0.3, 0.4) is 0 Å². The average molecular weight is 174 g/mol. The highest BCUT2D eigenvalue weighted by molar-refractivity contribution is 7.80. The summed E-state index contributed by atoms with van der Waals surface area (Å²) in [6, 6.07) is 0. The fourth-order valence-corrected chi connectivity index (χ4v) is 0.762. The van der Waals surface area contributed by atoms with Gasteiger partial charge < -0.3 is 10.6 Å². The van der Waals surface area contributed by atoms with Gasteiger partial charge in [0.25, 0.3) is 0 Å². The molecule has 0 fully saturated rings. The van der Waals surface area contributed by atoms with Crippen LogP contribution in [0.15, 0.2) is 0 Å². The molecule has 66 valence electrons. The van der Waals surface area contributed by atoms with E-state index in [9.17, 15) is 0 Å². The first-order valence-electron chi connectivity index (χ1n) is 3.90. The molecule has 0 aromatic rings. The Morgan fingerprint density at radius 1 is 1.36 bits per heavy atom. The predicted octanol–water partition coefficient (Wildman–Crippen LogP) is 1.51. The SMILES string of the molecule is CNC(=S)NC(C)(C)C(C)C. The van der Waals surface area contributed by atoms with Gasteiger partial charge in [0, 0.05) is 12.6 Å². The molecule has 0 spiro atoms. The Balaban J connectivity index is 4.01. The second-order valence-electron chi connectivity index (χ2n) is 3.58. The highest BCUT2D eigenvalue weighted by atomic mass is 32.1. The van der Waals surface area contributed by atoms with Crippen molar-refractivity contribution < 1.29 is 0 Å². The molecular formula is C8H18N2S.